The van der Waals surface area contributed by atoms with E-state index in [4.69, 9.17) is 4.42 Å². The number of aromatic nitrogens is 1. The third-order valence-corrected chi connectivity index (χ3v) is 6.70. The van der Waals surface area contributed by atoms with Crippen LogP contribution in [0.3, 0.4) is 0 Å². The number of benzene rings is 1. The van der Waals surface area contributed by atoms with E-state index in [2.05, 4.69) is 18.0 Å². The Labute approximate surface area is 185 Å². The Morgan fingerprint density at radius 2 is 1.74 bits per heavy atom. The maximum Gasteiger partial charge on any atom is 0.210 e. The highest BCUT2D eigenvalue weighted by atomic mass is 32.2. The molecule has 0 bridgehead atoms. The van der Waals surface area contributed by atoms with Crippen LogP contribution in [-0.4, -0.2) is 37.6 Å². The van der Waals surface area contributed by atoms with E-state index in [0.29, 0.717) is 24.1 Å². The van der Waals surface area contributed by atoms with Crippen molar-refractivity contribution in [3.8, 4) is 11.3 Å². The Kier molecular flexibility index (Phi) is 9.19. The van der Waals surface area contributed by atoms with Crippen LogP contribution in [0.4, 0.5) is 4.39 Å². The molecule has 2 aromatic rings. The van der Waals surface area contributed by atoms with Crippen molar-refractivity contribution in [3.63, 3.8) is 0 Å². The summed E-state index contributed by atoms with van der Waals surface area (Å²) in [5.74, 6) is 1.21. The largest absolute Gasteiger partial charge is 0.442 e. The lowest BCUT2D eigenvalue weighted by molar-refractivity contribution is 0.451. The molecule has 0 aliphatic heterocycles. The summed E-state index contributed by atoms with van der Waals surface area (Å²) in [6.45, 7) is 6.49. The highest BCUT2D eigenvalue weighted by Gasteiger charge is 2.10. The van der Waals surface area contributed by atoms with Gasteiger partial charge in [0.1, 0.15) is 11.6 Å². The van der Waals surface area contributed by atoms with Gasteiger partial charge in [0.25, 0.3) is 0 Å². The van der Waals surface area contributed by atoms with Gasteiger partial charge in [-0.25, -0.2) is 22.1 Å². The Balaban J connectivity index is 2.10. The van der Waals surface area contributed by atoms with Gasteiger partial charge in [-0.15, -0.1) is 0 Å². The topological polar surface area (TPSA) is 63.4 Å². The van der Waals surface area contributed by atoms with Gasteiger partial charge in [0.05, 0.1) is 6.26 Å². The zero-order chi connectivity index (χ0) is 23.0. The van der Waals surface area contributed by atoms with Gasteiger partial charge >= 0.3 is 0 Å². The van der Waals surface area contributed by atoms with Crippen molar-refractivity contribution in [2.75, 3.05) is 19.8 Å². The second kappa shape index (κ2) is 11.4. The third-order valence-electron chi connectivity index (χ3n) is 5.38. The molecule has 0 amide bonds. The van der Waals surface area contributed by atoms with Gasteiger partial charge in [-0.3, -0.25) is 0 Å². The fourth-order valence-electron chi connectivity index (χ4n) is 3.23. The van der Waals surface area contributed by atoms with Crippen LogP contribution in [0.25, 0.3) is 11.3 Å². The van der Waals surface area contributed by atoms with Crippen LogP contribution in [0.15, 0.2) is 47.0 Å². The summed E-state index contributed by atoms with van der Waals surface area (Å²) in [4.78, 5) is 4.47. The number of halogens is 1. The molecule has 5 nitrogen and oxygen atoms in total. The van der Waals surface area contributed by atoms with Gasteiger partial charge in [-0.1, -0.05) is 31.9 Å². The molecule has 1 heterocycles. The first-order valence-electron chi connectivity index (χ1n) is 10.6. The van der Waals surface area contributed by atoms with Gasteiger partial charge in [-0.05, 0) is 61.1 Å². The number of hydrogen-bond acceptors (Lipinski definition) is 4. The van der Waals surface area contributed by atoms with Gasteiger partial charge in [0.15, 0.2) is 5.89 Å². The van der Waals surface area contributed by atoms with Crippen LogP contribution < -0.4 is 0 Å². The Hall–Kier alpha value is -2.25. The molecule has 0 fully saturated rings. The van der Waals surface area contributed by atoms with Crippen LogP contribution in [0.1, 0.15) is 55.5 Å². The number of sulfonamides is 1. The second-order valence-corrected chi connectivity index (χ2v) is 10.2. The molecule has 1 atom stereocenters. The first-order valence-corrected chi connectivity index (χ1v) is 12.4. The van der Waals surface area contributed by atoms with Crippen molar-refractivity contribution in [2.24, 2.45) is 0 Å². The summed E-state index contributed by atoms with van der Waals surface area (Å²) in [6.07, 6.45) is 6.89. The number of aryl methyl sites for hydroxylation is 2. The molecule has 1 aromatic heterocycles. The summed E-state index contributed by atoms with van der Waals surface area (Å²) in [5.41, 5.74) is 2.84. The van der Waals surface area contributed by atoms with Crippen molar-refractivity contribution in [3.05, 3.63) is 65.4 Å². The van der Waals surface area contributed by atoms with Gasteiger partial charge in [0, 0.05) is 32.3 Å². The minimum Gasteiger partial charge on any atom is -0.442 e. The van der Waals surface area contributed by atoms with Crippen molar-refractivity contribution in [1.29, 1.82) is 0 Å². The van der Waals surface area contributed by atoms with E-state index in [-0.39, 0.29) is 5.82 Å². The number of nitrogens with zero attached hydrogens (tertiary/aromatic N) is 2. The van der Waals surface area contributed by atoms with Gasteiger partial charge in [-0.2, -0.15) is 0 Å². The zero-order valence-electron chi connectivity index (χ0n) is 19.1. The smallest absolute Gasteiger partial charge is 0.210 e. The first-order chi connectivity index (χ1) is 14.6. The monoisotopic (exact) mass is 448 g/mol. The molecule has 31 heavy (non-hydrogen) atoms. The van der Waals surface area contributed by atoms with E-state index >= 15 is 0 Å². The zero-order valence-corrected chi connectivity index (χ0v) is 19.9. The molecule has 1 unspecified atom stereocenters. The Morgan fingerprint density at radius 3 is 2.39 bits per heavy atom. The lowest BCUT2D eigenvalue weighted by atomic mass is 9.96. The normalized spacial score (nSPS) is 12.6. The lowest BCUT2D eigenvalue weighted by Crippen LogP contribution is -2.26. The molecule has 0 N–H and O–H groups in total. The molecule has 0 aliphatic carbocycles. The molecule has 1 aromatic carbocycles. The Bertz CT molecular complexity index is 1020. The van der Waals surface area contributed by atoms with E-state index in [9.17, 15) is 12.8 Å². The van der Waals surface area contributed by atoms with Crippen molar-refractivity contribution in [1.82, 2.24) is 9.29 Å². The first kappa shape index (κ1) is 25.0. The lowest BCUT2D eigenvalue weighted by Gasteiger charge is -2.14. The van der Waals surface area contributed by atoms with Crippen LogP contribution >= 0.6 is 0 Å². The highest BCUT2D eigenvalue weighted by molar-refractivity contribution is 7.88. The molecule has 0 radical (unpaired) electrons. The number of unbranched alkanes of at least 4 members (excludes halogenated alkanes) is 2. The minimum absolute atomic E-state index is 0.285. The molecule has 0 aliphatic rings. The maximum absolute atomic E-state index is 13.3. The van der Waals surface area contributed by atoms with E-state index < -0.39 is 10.0 Å². The number of hydrogen-bond donors (Lipinski definition) is 0. The molecular weight excluding hydrogens is 415 g/mol. The van der Waals surface area contributed by atoms with E-state index in [0.717, 1.165) is 42.4 Å². The minimum atomic E-state index is -3.11. The van der Waals surface area contributed by atoms with E-state index in [1.54, 1.807) is 26.1 Å². The third kappa shape index (κ3) is 8.07. The van der Waals surface area contributed by atoms with Gasteiger partial charge < -0.3 is 4.42 Å². The summed E-state index contributed by atoms with van der Waals surface area (Å²) in [6, 6.07) is 10.3. The van der Waals surface area contributed by atoms with Crippen molar-refractivity contribution >= 4 is 10.0 Å². The predicted molar refractivity (Wildman–Crippen MR) is 123 cm³/mol. The average Bonchev–Trinajstić information content (AvgIpc) is 2.77. The quantitative estimate of drug-likeness (QED) is 0.456. The van der Waals surface area contributed by atoms with Crippen LogP contribution in [0.2, 0.25) is 0 Å². The summed E-state index contributed by atoms with van der Waals surface area (Å²) < 4.78 is 43.5. The molecule has 170 valence electrons. The van der Waals surface area contributed by atoms with E-state index in [1.807, 2.05) is 19.2 Å². The fourth-order valence-corrected chi connectivity index (χ4v) is 3.69. The fraction of sp³-hybridized carbons (Fsp3) is 0.458. The van der Waals surface area contributed by atoms with Crippen LogP contribution in [0.5, 0.6) is 0 Å². The van der Waals surface area contributed by atoms with Crippen molar-refractivity contribution in [2.45, 2.75) is 52.4 Å². The Morgan fingerprint density at radius 1 is 1.06 bits per heavy atom. The summed E-state index contributed by atoms with van der Waals surface area (Å²) in [7, 11) is -1.49. The maximum atomic E-state index is 13.3. The van der Waals surface area contributed by atoms with Gasteiger partial charge in [0.2, 0.25) is 10.0 Å². The second-order valence-electron chi connectivity index (χ2n) is 8.07. The molecule has 0 spiro atoms. The molecule has 0 saturated carbocycles. The molecule has 0 saturated heterocycles. The van der Waals surface area contributed by atoms with Crippen LogP contribution in [-0.2, 0) is 10.0 Å². The highest BCUT2D eigenvalue weighted by Crippen LogP contribution is 2.25. The van der Waals surface area contributed by atoms with Crippen LogP contribution in [0, 0.1) is 19.7 Å². The summed E-state index contributed by atoms with van der Waals surface area (Å²) in [5, 5.41) is 0. The van der Waals surface area contributed by atoms with E-state index in [1.165, 1.54) is 22.7 Å². The van der Waals surface area contributed by atoms with Crippen molar-refractivity contribution < 1.29 is 17.2 Å². The molecular formula is C24H33FN2O3S. The SMILES string of the molecule is Cc1ncc(C(C)CCCCCN(C)S(C)(=O)=O)ccc(C)c(-c2ccc(F)cc2)o1. The summed E-state index contributed by atoms with van der Waals surface area (Å²) >= 11 is 0. The predicted octanol–water partition coefficient (Wildman–Crippen LogP) is 5.78. The average molecular weight is 449 g/mol. The molecule has 7 heteroatoms. The standard InChI is InChI=1S/C24H33FN2O3S/c1-18(9-7-6-8-16-27(4)31(5,28)29)22-11-10-19(2)24(30-20(3)26-17-22)21-12-14-23(25)15-13-21/h10-15,17-18H,6-9,16H2,1-5H3. The molecule has 2 rings (SSSR count). The number of rotatable bonds is 9.